The molecule has 4 N–H and O–H groups in total. The summed E-state index contributed by atoms with van der Waals surface area (Å²) in [7, 11) is 2.60. The number of carbonyl (C=O) groups is 4. The topological polar surface area (TPSA) is 202 Å². The van der Waals surface area contributed by atoms with Crippen LogP contribution in [-0.2, 0) is 19.1 Å². The maximum Gasteiger partial charge on any atom is 0.407 e. The molecular formula is C51H58N10O7S. The third-order valence-corrected chi connectivity index (χ3v) is 15.9. The second-order valence-electron chi connectivity index (χ2n) is 20.0. The Morgan fingerprint density at radius 3 is 2.16 bits per heavy atom. The molecule has 2 aromatic carbocycles. The number of carbonyl (C=O) groups excluding carboxylic acids is 4. The van der Waals surface area contributed by atoms with Crippen LogP contribution in [0.2, 0.25) is 0 Å². The summed E-state index contributed by atoms with van der Waals surface area (Å²) in [5, 5.41) is 7.68. The van der Waals surface area contributed by atoms with Crippen LogP contribution >= 0.6 is 11.3 Å². The lowest BCUT2D eigenvalue weighted by Crippen LogP contribution is -2.52. The molecule has 4 fully saturated rings. The van der Waals surface area contributed by atoms with Crippen molar-refractivity contribution >= 4 is 46.2 Å². The number of fused-ring (bicyclic) bond motifs is 6. The molecule has 0 spiro atoms. The molecule has 0 bridgehead atoms. The highest BCUT2D eigenvalue weighted by Gasteiger charge is 2.56. The molecule has 2 aliphatic carbocycles. The van der Waals surface area contributed by atoms with E-state index in [9.17, 15) is 19.2 Å². The van der Waals surface area contributed by atoms with Gasteiger partial charge in [-0.3, -0.25) is 14.2 Å². The van der Waals surface area contributed by atoms with Gasteiger partial charge >= 0.3 is 12.2 Å². The normalized spacial score (nSPS) is 22.2. The summed E-state index contributed by atoms with van der Waals surface area (Å²) >= 11 is 1.72. The lowest BCUT2D eigenvalue weighted by atomic mass is 9.98. The van der Waals surface area contributed by atoms with E-state index in [1.807, 2.05) is 56.1 Å². The predicted molar refractivity (Wildman–Crippen MR) is 258 cm³/mol. The number of methoxy groups -OCH3 is 2. The zero-order chi connectivity index (χ0) is 48.0. The van der Waals surface area contributed by atoms with Crippen LogP contribution in [0.3, 0.4) is 0 Å². The van der Waals surface area contributed by atoms with E-state index in [-0.39, 0.29) is 41.8 Å². The average Bonchev–Trinajstić information content (AvgIpc) is 3.81. The number of nitrogens with one attached hydrogen (secondary N) is 4. The van der Waals surface area contributed by atoms with Crippen LogP contribution in [0.1, 0.15) is 118 Å². The summed E-state index contributed by atoms with van der Waals surface area (Å²) in [4.78, 5) is 78.8. The third-order valence-electron chi connectivity index (χ3n) is 14.7. The van der Waals surface area contributed by atoms with Gasteiger partial charge in [-0.1, -0.05) is 33.8 Å². The van der Waals surface area contributed by atoms with Crippen molar-refractivity contribution in [1.82, 2.24) is 49.9 Å². The molecule has 4 aromatic heterocycles. The molecule has 7 heterocycles. The van der Waals surface area contributed by atoms with Crippen molar-refractivity contribution in [2.75, 3.05) is 20.8 Å². The maximum atomic E-state index is 14.1. The van der Waals surface area contributed by atoms with Crippen molar-refractivity contribution in [3.8, 4) is 39.5 Å². The van der Waals surface area contributed by atoms with E-state index >= 15 is 0 Å². The minimum absolute atomic E-state index is 0.112. The number of alkyl carbamates (subject to hydrolysis) is 2. The van der Waals surface area contributed by atoms with Crippen molar-refractivity contribution in [3.05, 3.63) is 82.1 Å². The largest absolute Gasteiger partial charge is 0.464 e. The van der Waals surface area contributed by atoms with E-state index in [4.69, 9.17) is 29.2 Å². The van der Waals surface area contributed by atoms with Gasteiger partial charge in [-0.05, 0) is 99.1 Å². The summed E-state index contributed by atoms with van der Waals surface area (Å²) < 4.78 is 19.1. The van der Waals surface area contributed by atoms with Crippen molar-refractivity contribution in [1.29, 1.82) is 0 Å². The van der Waals surface area contributed by atoms with Crippen LogP contribution < -0.4 is 15.4 Å². The number of ether oxygens (including phenoxy) is 3. The van der Waals surface area contributed by atoms with E-state index in [1.54, 1.807) is 11.3 Å². The molecule has 5 aliphatic rings. The summed E-state index contributed by atoms with van der Waals surface area (Å²) in [6.07, 6.45) is 9.58. The van der Waals surface area contributed by atoms with Crippen LogP contribution in [0.15, 0.2) is 55.0 Å². The average molecular weight is 955 g/mol. The molecule has 7 atom stereocenters. The smallest absolute Gasteiger partial charge is 0.407 e. The second kappa shape index (κ2) is 17.4. The number of hydrogen-bond donors (Lipinski definition) is 4. The van der Waals surface area contributed by atoms with E-state index in [0.29, 0.717) is 24.2 Å². The predicted octanol–water partition coefficient (Wildman–Crippen LogP) is 8.76. The zero-order valence-electron chi connectivity index (χ0n) is 39.9. The molecular weight excluding hydrogens is 897 g/mol. The lowest BCUT2D eigenvalue weighted by molar-refractivity contribution is -0.137. The van der Waals surface area contributed by atoms with Gasteiger partial charge in [-0.15, -0.1) is 11.3 Å². The Hall–Kier alpha value is -6.69. The van der Waals surface area contributed by atoms with Crippen LogP contribution in [-0.4, -0.2) is 102 Å². The molecule has 3 aliphatic heterocycles. The number of H-pyrrole nitrogens is 2. The van der Waals surface area contributed by atoms with Crippen molar-refractivity contribution in [2.45, 2.75) is 115 Å². The minimum Gasteiger partial charge on any atom is -0.464 e. The zero-order valence-corrected chi connectivity index (χ0v) is 40.7. The molecule has 0 radical (unpaired) electrons. The Morgan fingerprint density at radius 1 is 0.797 bits per heavy atom. The van der Waals surface area contributed by atoms with E-state index in [2.05, 4.69) is 68.5 Å². The molecule has 69 heavy (non-hydrogen) atoms. The first-order chi connectivity index (χ1) is 33.3. The fourth-order valence-corrected chi connectivity index (χ4v) is 12.0. The fraction of sp³-hybridized carbons (Fsp3) is 0.471. The number of imidazole rings is 2. The van der Waals surface area contributed by atoms with Gasteiger partial charge in [-0.2, -0.15) is 0 Å². The highest BCUT2D eigenvalue weighted by Crippen LogP contribution is 2.54. The summed E-state index contributed by atoms with van der Waals surface area (Å²) in [6, 6.07) is 11.1. The van der Waals surface area contributed by atoms with Gasteiger partial charge in [0.05, 0.1) is 71.2 Å². The number of rotatable bonds is 12. The molecule has 2 saturated carbocycles. The van der Waals surface area contributed by atoms with Crippen molar-refractivity contribution in [2.24, 2.45) is 17.8 Å². The number of thiazole rings is 1. The highest BCUT2D eigenvalue weighted by atomic mass is 32.1. The number of benzene rings is 2. The Balaban J connectivity index is 0.908. The molecule has 17 nitrogen and oxygen atoms in total. The van der Waals surface area contributed by atoms with Crippen molar-refractivity contribution in [3.63, 3.8) is 0 Å². The molecule has 6 aromatic rings. The van der Waals surface area contributed by atoms with Gasteiger partial charge in [-0.25, -0.2) is 24.5 Å². The fourth-order valence-electron chi connectivity index (χ4n) is 10.8. The molecule has 11 rings (SSSR count). The molecule has 4 amide bonds. The maximum absolute atomic E-state index is 14.1. The van der Waals surface area contributed by atoms with Gasteiger partial charge in [0.2, 0.25) is 18.0 Å². The number of aromatic amines is 2. The summed E-state index contributed by atoms with van der Waals surface area (Å²) in [5.41, 5.74) is 7.63. The lowest BCUT2D eigenvalue weighted by Gasteiger charge is -2.31. The Kier molecular flexibility index (Phi) is 11.3. The standard InChI is InChI=1S/C51H58N10O7S/c1-24(2)42(57-50(64)66-6)47(62)59-14-8-9-35(59)44-52-22-33(56-44)29-15-26(5)41-37-18-30-16-28(12-13-34(30)61(37)49(68-39(41)20-29)40-23-54-46(69-40)27-10-11-27)32-21-53-45(55-32)38-19-31-17-36(31)60(38)48(63)43(25(3)4)58-51(65)67-7/h12-13,15-16,18,20-25,27,31,35-36,38,42-43,49H,8-11,14,17,19H2,1-7H3,(H,52,56)(H,53,55)(H,57,64)(H,58,65)/t31-,35+,36-,38+,42+,43+,49?/m1/s1. The van der Waals surface area contributed by atoms with Gasteiger partial charge in [0.25, 0.3) is 0 Å². The summed E-state index contributed by atoms with van der Waals surface area (Å²) in [5.74, 6) is 2.58. The van der Waals surface area contributed by atoms with Gasteiger partial charge in [0, 0.05) is 46.8 Å². The number of amides is 4. The first-order valence-electron chi connectivity index (χ1n) is 24.1. The molecule has 360 valence electrons. The van der Waals surface area contributed by atoms with Crippen LogP contribution in [0.25, 0.3) is 44.7 Å². The molecule has 2 saturated heterocycles. The highest BCUT2D eigenvalue weighted by molar-refractivity contribution is 7.11. The van der Waals surface area contributed by atoms with Crippen molar-refractivity contribution < 1.29 is 33.4 Å². The Bertz CT molecular complexity index is 3000. The second-order valence-corrected chi connectivity index (χ2v) is 21.1. The molecule has 18 heteroatoms. The van der Waals surface area contributed by atoms with Gasteiger partial charge in [0.1, 0.15) is 29.5 Å². The van der Waals surface area contributed by atoms with Gasteiger partial charge < -0.3 is 44.6 Å². The van der Waals surface area contributed by atoms with E-state index in [1.165, 1.54) is 14.2 Å². The number of nitrogens with zero attached hydrogens (tertiary/aromatic N) is 6. The molecule has 1 unspecified atom stereocenters. The monoisotopic (exact) mass is 954 g/mol. The first kappa shape index (κ1) is 44.8. The van der Waals surface area contributed by atoms with E-state index < -0.39 is 30.5 Å². The van der Waals surface area contributed by atoms with Crippen LogP contribution in [0.4, 0.5) is 9.59 Å². The SMILES string of the molecule is COC(=O)N[C@H](C(=O)N1CCC[C@H]1c1ncc(-c2cc(C)c3c(c2)OC(c2cnc(C4CC4)s2)n2c-3cc3cc(-c4cnc([C@@H]5C[C@H]6C[C@H]6N5C(=O)[C@@H](NC(=O)OC)C(C)C)[nH]4)ccc32)[nH]1)C(C)C. The first-order valence-corrected chi connectivity index (χ1v) is 25.0. The Morgan fingerprint density at radius 2 is 1.48 bits per heavy atom. The number of aromatic nitrogens is 6. The number of aryl methyl sites for hydroxylation is 1. The minimum atomic E-state index is -0.722. The van der Waals surface area contributed by atoms with Crippen LogP contribution in [0.5, 0.6) is 5.75 Å². The quantitative estimate of drug-likeness (QED) is 0.0919. The number of piperidine rings is 1. The Labute approximate surface area is 403 Å². The van der Waals surface area contributed by atoms with Crippen LogP contribution in [0, 0.1) is 24.7 Å². The number of likely N-dealkylation sites (tertiary alicyclic amines) is 2. The van der Waals surface area contributed by atoms with E-state index in [0.717, 1.165) is 110 Å². The summed E-state index contributed by atoms with van der Waals surface area (Å²) in [6.45, 7) is 10.3. The van der Waals surface area contributed by atoms with Gasteiger partial charge in [0.15, 0.2) is 0 Å². The number of hydrogen-bond acceptors (Lipinski definition) is 11. The third kappa shape index (κ3) is 7.99.